The van der Waals surface area contributed by atoms with Crippen molar-refractivity contribution in [2.75, 3.05) is 24.3 Å². The highest BCUT2D eigenvalue weighted by atomic mass is 32.1. The molecule has 1 aromatic carbocycles. The maximum Gasteiger partial charge on any atom is 0.221 e. The number of nitrogens with one attached hydrogen (secondary N) is 3. The Morgan fingerprint density at radius 1 is 1.37 bits per heavy atom. The van der Waals surface area contributed by atoms with Crippen LogP contribution >= 0.6 is 12.2 Å². The molecule has 0 radical (unpaired) electrons. The van der Waals surface area contributed by atoms with Crippen molar-refractivity contribution in [3.8, 4) is 0 Å². The standard InChI is InChI=1S/C13H19N3O2S/c1-9(18-3)8-14-13(19)16-12-6-4-5-11(7-12)15-10(2)17/h4-7,9H,8H2,1-3H3,(H,15,17)(H2,14,16,19). The van der Waals surface area contributed by atoms with Crippen LogP contribution in [-0.2, 0) is 9.53 Å². The van der Waals surface area contributed by atoms with Gasteiger partial charge >= 0.3 is 0 Å². The van der Waals surface area contributed by atoms with Gasteiger partial charge in [0.2, 0.25) is 5.91 Å². The lowest BCUT2D eigenvalue weighted by molar-refractivity contribution is -0.114. The van der Waals surface area contributed by atoms with Crippen molar-refractivity contribution < 1.29 is 9.53 Å². The molecule has 0 fully saturated rings. The van der Waals surface area contributed by atoms with Gasteiger partial charge in [-0.3, -0.25) is 4.79 Å². The smallest absolute Gasteiger partial charge is 0.221 e. The molecule has 5 nitrogen and oxygen atoms in total. The fourth-order valence-electron chi connectivity index (χ4n) is 1.37. The molecule has 1 unspecified atom stereocenters. The van der Waals surface area contributed by atoms with E-state index in [4.69, 9.17) is 17.0 Å². The summed E-state index contributed by atoms with van der Waals surface area (Å²) in [6.07, 6.45) is 0.0884. The molecule has 1 aromatic rings. The number of amides is 1. The molecule has 0 bridgehead atoms. The lowest BCUT2D eigenvalue weighted by Gasteiger charge is -2.14. The number of anilines is 2. The Labute approximate surface area is 118 Å². The van der Waals surface area contributed by atoms with E-state index in [9.17, 15) is 4.79 Å². The Hall–Kier alpha value is -1.66. The fraction of sp³-hybridized carbons (Fsp3) is 0.385. The molecular formula is C13H19N3O2S. The van der Waals surface area contributed by atoms with Gasteiger partial charge in [-0.2, -0.15) is 0 Å². The van der Waals surface area contributed by atoms with Gasteiger partial charge in [0.05, 0.1) is 6.10 Å². The van der Waals surface area contributed by atoms with Crippen molar-refractivity contribution in [2.24, 2.45) is 0 Å². The minimum absolute atomic E-state index is 0.0884. The Bertz CT molecular complexity index is 451. The highest BCUT2D eigenvalue weighted by molar-refractivity contribution is 7.80. The summed E-state index contributed by atoms with van der Waals surface area (Å²) in [7, 11) is 1.65. The zero-order valence-corrected chi connectivity index (χ0v) is 12.1. The van der Waals surface area contributed by atoms with Crippen LogP contribution in [0.1, 0.15) is 13.8 Å². The van der Waals surface area contributed by atoms with E-state index in [-0.39, 0.29) is 12.0 Å². The predicted octanol–water partition coefficient (Wildman–Crippen LogP) is 1.97. The highest BCUT2D eigenvalue weighted by Crippen LogP contribution is 2.14. The Morgan fingerprint density at radius 3 is 2.58 bits per heavy atom. The van der Waals surface area contributed by atoms with Crippen LogP contribution < -0.4 is 16.0 Å². The number of carbonyl (C=O) groups excluding carboxylic acids is 1. The first-order valence-electron chi connectivity index (χ1n) is 5.96. The maximum absolute atomic E-state index is 11.0. The summed E-state index contributed by atoms with van der Waals surface area (Å²) in [5.41, 5.74) is 1.54. The molecule has 0 heterocycles. The first-order valence-corrected chi connectivity index (χ1v) is 6.37. The number of methoxy groups -OCH3 is 1. The molecule has 0 aliphatic heterocycles. The number of ether oxygens (including phenoxy) is 1. The van der Waals surface area contributed by atoms with E-state index < -0.39 is 0 Å². The monoisotopic (exact) mass is 281 g/mol. The summed E-state index contributed by atoms with van der Waals surface area (Å²) in [6.45, 7) is 4.05. The van der Waals surface area contributed by atoms with E-state index in [0.717, 1.165) is 11.4 Å². The lowest BCUT2D eigenvalue weighted by Crippen LogP contribution is -2.34. The average Bonchev–Trinajstić information content (AvgIpc) is 2.35. The van der Waals surface area contributed by atoms with E-state index in [1.54, 1.807) is 7.11 Å². The molecule has 1 rings (SSSR count). The maximum atomic E-state index is 11.0. The molecule has 1 atom stereocenters. The zero-order valence-electron chi connectivity index (χ0n) is 11.3. The number of hydrogen-bond donors (Lipinski definition) is 3. The molecule has 0 spiro atoms. The second-order valence-corrected chi connectivity index (χ2v) is 4.55. The van der Waals surface area contributed by atoms with Crippen molar-refractivity contribution in [3.63, 3.8) is 0 Å². The zero-order chi connectivity index (χ0) is 14.3. The molecule has 104 valence electrons. The molecule has 0 aliphatic carbocycles. The summed E-state index contributed by atoms with van der Waals surface area (Å²) < 4.78 is 5.12. The van der Waals surface area contributed by atoms with Gasteiger partial charge in [0.1, 0.15) is 0 Å². The summed E-state index contributed by atoms with van der Waals surface area (Å²) >= 11 is 5.17. The van der Waals surface area contributed by atoms with Crippen LogP contribution in [0.5, 0.6) is 0 Å². The third-order valence-electron chi connectivity index (χ3n) is 2.39. The molecular weight excluding hydrogens is 262 g/mol. The number of benzene rings is 1. The van der Waals surface area contributed by atoms with Crippen LogP contribution in [0.15, 0.2) is 24.3 Å². The molecule has 6 heteroatoms. The lowest BCUT2D eigenvalue weighted by atomic mass is 10.3. The summed E-state index contributed by atoms with van der Waals surface area (Å²) in [5, 5.41) is 9.33. The third-order valence-corrected chi connectivity index (χ3v) is 2.64. The molecule has 0 aromatic heterocycles. The van der Waals surface area contributed by atoms with Crippen molar-refractivity contribution in [3.05, 3.63) is 24.3 Å². The quantitative estimate of drug-likeness (QED) is 0.720. The van der Waals surface area contributed by atoms with Gasteiger partial charge in [-0.1, -0.05) is 6.07 Å². The molecule has 3 N–H and O–H groups in total. The minimum atomic E-state index is -0.105. The van der Waals surface area contributed by atoms with Crippen molar-refractivity contribution in [2.45, 2.75) is 20.0 Å². The third kappa shape index (κ3) is 6.17. The van der Waals surface area contributed by atoms with Gasteiger partial charge in [0.15, 0.2) is 5.11 Å². The number of rotatable bonds is 5. The van der Waals surface area contributed by atoms with Gasteiger partial charge in [0, 0.05) is 32.0 Å². The number of carbonyl (C=O) groups is 1. The van der Waals surface area contributed by atoms with Gasteiger partial charge < -0.3 is 20.7 Å². The minimum Gasteiger partial charge on any atom is -0.380 e. The Morgan fingerprint density at radius 2 is 2.00 bits per heavy atom. The second kappa shape index (κ2) is 7.70. The SMILES string of the molecule is COC(C)CNC(=S)Nc1cccc(NC(C)=O)c1. The van der Waals surface area contributed by atoms with E-state index >= 15 is 0 Å². The first kappa shape index (κ1) is 15.4. The van der Waals surface area contributed by atoms with E-state index in [1.807, 2.05) is 31.2 Å². The van der Waals surface area contributed by atoms with Crippen molar-refractivity contribution in [1.82, 2.24) is 5.32 Å². The van der Waals surface area contributed by atoms with Crippen LogP contribution in [0.25, 0.3) is 0 Å². The predicted molar refractivity (Wildman–Crippen MR) is 81.4 cm³/mol. The normalized spacial score (nSPS) is 11.5. The van der Waals surface area contributed by atoms with E-state index in [2.05, 4.69) is 16.0 Å². The fourth-order valence-corrected chi connectivity index (χ4v) is 1.57. The second-order valence-electron chi connectivity index (χ2n) is 4.14. The Kier molecular flexibility index (Phi) is 6.24. The summed E-state index contributed by atoms with van der Waals surface area (Å²) in [4.78, 5) is 11.0. The first-order chi connectivity index (χ1) is 9.01. The summed E-state index contributed by atoms with van der Waals surface area (Å²) in [5.74, 6) is -0.105. The van der Waals surface area contributed by atoms with Gasteiger partial charge in [-0.05, 0) is 37.3 Å². The van der Waals surface area contributed by atoms with Crippen LogP contribution in [0.3, 0.4) is 0 Å². The molecule has 1 amide bonds. The van der Waals surface area contributed by atoms with Gasteiger partial charge in [0.25, 0.3) is 0 Å². The van der Waals surface area contributed by atoms with Crippen LogP contribution in [0.2, 0.25) is 0 Å². The van der Waals surface area contributed by atoms with Crippen molar-refractivity contribution in [1.29, 1.82) is 0 Å². The molecule has 0 saturated heterocycles. The van der Waals surface area contributed by atoms with Crippen LogP contribution in [0, 0.1) is 0 Å². The van der Waals surface area contributed by atoms with Crippen molar-refractivity contribution >= 4 is 34.6 Å². The van der Waals surface area contributed by atoms with Crippen LogP contribution in [0.4, 0.5) is 11.4 Å². The van der Waals surface area contributed by atoms with Gasteiger partial charge in [-0.15, -0.1) is 0 Å². The molecule has 0 saturated carbocycles. The van der Waals surface area contributed by atoms with Crippen LogP contribution in [-0.4, -0.2) is 30.8 Å². The number of hydrogen-bond acceptors (Lipinski definition) is 3. The summed E-state index contributed by atoms with van der Waals surface area (Å²) in [6, 6.07) is 7.35. The van der Waals surface area contributed by atoms with E-state index in [1.165, 1.54) is 6.92 Å². The highest BCUT2D eigenvalue weighted by Gasteiger charge is 2.02. The number of thiocarbonyl (C=S) groups is 1. The average molecular weight is 281 g/mol. The van der Waals surface area contributed by atoms with E-state index in [0.29, 0.717) is 11.7 Å². The molecule has 19 heavy (non-hydrogen) atoms. The van der Waals surface area contributed by atoms with Gasteiger partial charge in [-0.25, -0.2) is 0 Å². The Balaban J connectivity index is 2.52. The topological polar surface area (TPSA) is 62.4 Å². The molecule has 0 aliphatic rings. The largest absolute Gasteiger partial charge is 0.380 e.